The van der Waals surface area contributed by atoms with Crippen LogP contribution in [-0.2, 0) is 23.0 Å². The van der Waals surface area contributed by atoms with E-state index in [9.17, 15) is 8.42 Å². The highest BCUT2D eigenvalue weighted by Crippen LogP contribution is 2.35. The molecular formula is C23H28N4O3S. The highest BCUT2D eigenvalue weighted by molar-refractivity contribution is 7.89. The van der Waals surface area contributed by atoms with Gasteiger partial charge in [0.2, 0.25) is 10.0 Å². The minimum absolute atomic E-state index is 0.317. The predicted molar refractivity (Wildman–Crippen MR) is 122 cm³/mol. The van der Waals surface area contributed by atoms with E-state index in [1.54, 1.807) is 29.6 Å². The number of anilines is 1. The topological polar surface area (TPSA) is 77.7 Å². The Labute approximate surface area is 183 Å². The van der Waals surface area contributed by atoms with Crippen LogP contribution in [0.25, 0.3) is 10.9 Å². The molecule has 0 radical (unpaired) electrons. The molecule has 3 aromatic rings. The first-order chi connectivity index (χ1) is 15.0. The molecule has 31 heavy (non-hydrogen) atoms. The number of ether oxygens (including phenoxy) is 1. The number of nitrogens with one attached hydrogen (secondary N) is 2. The summed E-state index contributed by atoms with van der Waals surface area (Å²) in [5, 5.41) is 4.54. The summed E-state index contributed by atoms with van der Waals surface area (Å²) < 4.78 is 34.2. The second-order valence-electron chi connectivity index (χ2n) is 8.29. The lowest BCUT2D eigenvalue weighted by atomic mass is 10.0. The van der Waals surface area contributed by atoms with E-state index in [4.69, 9.17) is 4.74 Å². The third-order valence-electron chi connectivity index (χ3n) is 6.34. The number of rotatable bonds is 4. The lowest BCUT2D eigenvalue weighted by Crippen LogP contribution is -2.43. The van der Waals surface area contributed by atoms with Gasteiger partial charge < -0.3 is 19.9 Å². The Morgan fingerprint density at radius 3 is 2.61 bits per heavy atom. The molecule has 0 spiro atoms. The fourth-order valence-electron chi connectivity index (χ4n) is 4.67. The molecule has 3 heterocycles. The van der Waals surface area contributed by atoms with E-state index in [2.05, 4.69) is 40.3 Å². The molecule has 0 atom stereocenters. The summed E-state index contributed by atoms with van der Waals surface area (Å²) in [7, 11) is -2.00. The van der Waals surface area contributed by atoms with Crippen LogP contribution >= 0.6 is 0 Å². The zero-order valence-electron chi connectivity index (χ0n) is 17.9. The quantitative estimate of drug-likeness (QED) is 0.652. The van der Waals surface area contributed by atoms with Crippen LogP contribution in [0.2, 0.25) is 0 Å². The van der Waals surface area contributed by atoms with E-state index < -0.39 is 10.0 Å². The van der Waals surface area contributed by atoms with E-state index in [-0.39, 0.29) is 0 Å². The van der Waals surface area contributed by atoms with Crippen LogP contribution in [0.1, 0.15) is 16.8 Å². The minimum atomic E-state index is -3.62. The van der Waals surface area contributed by atoms with E-state index in [0.29, 0.717) is 30.2 Å². The van der Waals surface area contributed by atoms with Gasteiger partial charge in [-0.25, -0.2) is 8.42 Å². The van der Waals surface area contributed by atoms with Crippen molar-refractivity contribution in [3.63, 3.8) is 0 Å². The number of hydrogen-bond acceptors (Lipinski definition) is 5. The molecular weight excluding hydrogens is 412 g/mol. The minimum Gasteiger partial charge on any atom is -0.495 e. The highest BCUT2D eigenvalue weighted by atomic mass is 32.2. The van der Waals surface area contributed by atoms with Crippen LogP contribution < -0.4 is 15.0 Å². The Hall–Kier alpha value is -2.55. The normalized spacial score (nSPS) is 17.7. The molecule has 2 aliphatic rings. The molecule has 2 aromatic carbocycles. The van der Waals surface area contributed by atoms with Gasteiger partial charge in [0.05, 0.1) is 24.2 Å². The number of fused-ring (bicyclic) bond motifs is 3. The van der Waals surface area contributed by atoms with Gasteiger partial charge in [0.15, 0.2) is 0 Å². The number of sulfonamides is 1. The lowest BCUT2D eigenvalue weighted by molar-refractivity contribution is 0.388. The molecule has 0 bridgehead atoms. The van der Waals surface area contributed by atoms with Crippen molar-refractivity contribution >= 4 is 26.6 Å². The number of aryl methyl sites for hydroxylation is 1. The maximum absolute atomic E-state index is 13.5. The maximum Gasteiger partial charge on any atom is 0.243 e. The monoisotopic (exact) mass is 440 g/mol. The standard InChI is InChI=1S/C23H28N4O3S/c1-16-3-5-20-19(13-16)18-7-10-27(15-21(18)25-20)31(28,29)17-4-6-23(30-2)22(14-17)26-11-8-24-9-12-26/h3-6,13-14,24-25H,7-12,15H2,1-2H3. The van der Waals surface area contributed by atoms with Crippen molar-refractivity contribution in [2.45, 2.75) is 24.8 Å². The number of nitrogens with zero attached hydrogens (tertiary/aromatic N) is 2. The molecule has 2 N–H and O–H groups in total. The van der Waals surface area contributed by atoms with Crippen molar-refractivity contribution in [3.05, 3.63) is 53.2 Å². The van der Waals surface area contributed by atoms with Gasteiger partial charge in [0.1, 0.15) is 5.75 Å². The Bertz CT molecular complexity index is 1230. The zero-order chi connectivity index (χ0) is 21.6. The summed E-state index contributed by atoms with van der Waals surface area (Å²) in [6.07, 6.45) is 0.707. The number of aromatic nitrogens is 1. The van der Waals surface area contributed by atoms with Gasteiger partial charge in [-0.3, -0.25) is 0 Å². The molecule has 8 heteroatoms. The number of hydrogen-bond donors (Lipinski definition) is 2. The SMILES string of the molecule is COc1ccc(S(=O)(=O)N2CCc3c([nH]c4ccc(C)cc34)C2)cc1N1CCNCC1. The largest absolute Gasteiger partial charge is 0.495 e. The van der Waals surface area contributed by atoms with E-state index in [0.717, 1.165) is 43.1 Å². The number of methoxy groups -OCH3 is 1. The van der Waals surface area contributed by atoms with Crippen LogP contribution in [-0.4, -0.2) is 57.5 Å². The molecule has 164 valence electrons. The second-order valence-corrected chi connectivity index (χ2v) is 10.2. The van der Waals surface area contributed by atoms with Crippen molar-refractivity contribution in [2.75, 3.05) is 44.7 Å². The first-order valence-corrected chi connectivity index (χ1v) is 12.2. The third kappa shape index (κ3) is 3.58. The van der Waals surface area contributed by atoms with E-state index in [1.807, 2.05) is 0 Å². The van der Waals surface area contributed by atoms with E-state index >= 15 is 0 Å². The molecule has 0 unspecified atom stereocenters. The number of aromatic amines is 1. The summed E-state index contributed by atoms with van der Waals surface area (Å²) in [5.41, 5.74) is 5.35. The Morgan fingerprint density at radius 2 is 1.84 bits per heavy atom. The number of benzene rings is 2. The predicted octanol–water partition coefficient (Wildman–Crippen LogP) is 2.64. The average molecular weight is 441 g/mol. The third-order valence-corrected chi connectivity index (χ3v) is 8.18. The average Bonchev–Trinajstić information content (AvgIpc) is 3.16. The Kier molecular flexibility index (Phi) is 5.16. The zero-order valence-corrected chi connectivity index (χ0v) is 18.8. The lowest BCUT2D eigenvalue weighted by Gasteiger charge is -2.31. The van der Waals surface area contributed by atoms with Gasteiger partial charge in [-0.1, -0.05) is 11.6 Å². The second kappa shape index (κ2) is 7.85. The van der Waals surface area contributed by atoms with Crippen molar-refractivity contribution in [2.24, 2.45) is 0 Å². The molecule has 0 saturated carbocycles. The summed E-state index contributed by atoms with van der Waals surface area (Å²) >= 11 is 0. The van der Waals surface area contributed by atoms with Gasteiger partial charge in [-0.2, -0.15) is 4.31 Å². The maximum atomic E-state index is 13.5. The molecule has 1 saturated heterocycles. The van der Waals surface area contributed by atoms with Crippen molar-refractivity contribution in [1.82, 2.24) is 14.6 Å². The Morgan fingerprint density at radius 1 is 1.03 bits per heavy atom. The molecule has 0 amide bonds. The Balaban J connectivity index is 1.47. The van der Waals surface area contributed by atoms with Crippen LogP contribution in [0, 0.1) is 6.92 Å². The molecule has 2 aliphatic heterocycles. The van der Waals surface area contributed by atoms with Crippen LogP contribution in [0.4, 0.5) is 5.69 Å². The smallest absolute Gasteiger partial charge is 0.243 e. The van der Waals surface area contributed by atoms with Crippen molar-refractivity contribution in [1.29, 1.82) is 0 Å². The summed E-state index contributed by atoms with van der Waals surface area (Å²) in [5.74, 6) is 0.702. The molecule has 1 fully saturated rings. The fraction of sp³-hybridized carbons (Fsp3) is 0.391. The molecule has 7 nitrogen and oxygen atoms in total. The van der Waals surface area contributed by atoms with Crippen LogP contribution in [0.5, 0.6) is 5.75 Å². The van der Waals surface area contributed by atoms with Gasteiger partial charge in [0, 0.05) is 49.3 Å². The fourth-order valence-corrected chi connectivity index (χ4v) is 6.10. The van der Waals surface area contributed by atoms with Crippen LogP contribution in [0.3, 0.4) is 0 Å². The van der Waals surface area contributed by atoms with Crippen molar-refractivity contribution in [3.8, 4) is 5.75 Å². The summed E-state index contributed by atoms with van der Waals surface area (Å²) in [6.45, 7) is 6.30. The molecule has 5 rings (SSSR count). The summed E-state index contributed by atoms with van der Waals surface area (Å²) in [6, 6.07) is 11.5. The van der Waals surface area contributed by atoms with E-state index in [1.165, 1.54) is 16.5 Å². The van der Waals surface area contributed by atoms with Gasteiger partial charge in [-0.15, -0.1) is 0 Å². The van der Waals surface area contributed by atoms with Gasteiger partial charge in [-0.05, 0) is 49.2 Å². The van der Waals surface area contributed by atoms with Gasteiger partial charge in [0.25, 0.3) is 0 Å². The van der Waals surface area contributed by atoms with Gasteiger partial charge >= 0.3 is 0 Å². The van der Waals surface area contributed by atoms with Crippen LogP contribution in [0.15, 0.2) is 41.3 Å². The van der Waals surface area contributed by atoms with Crippen molar-refractivity contribution < 1.29 is 13.2 Å². The number of piperazine rings is 1. The highest BCUT2D eigenvalue weighted by Gasteiger charge is 2.31. The first-order valence-electron chi connectivity index (χ1n) is 10.7. The molecule has 0 aliphatic carbocycles. The molecule has 1 aromatic heterocycles. The summed E-state index contributed by atoms with van der Waals surface area (Å²) in [4.78, 5) is 5.94. The number of H-pyrrole nitrogens is 1. The first kappa shape index (κ1) is 20.4.